The average molecular weight is 483 g/mol. The highest BCUT2D eigenvalue weighted by atomic mass is 32.2. The van der Waals surface area contributed by atoms with Crippen molar-refractivity contribution < 1.29 is 31.9 Å². The van der Waals surface area contributed by atoms with Gasteiger partial charge in [-0.2, -0.15) is 13.5 Å². The summed E-state index contributed by atoms with van der Waals surface area (Å²) in [5.41, 5.74) is 6.52. The molecule has 0 saturated carbocycles. The lowest BCUT2D eigenvalue weighted by molar-refractivity contribution is -0.0415. The van der Waals surface area contributed by atoms with E-state index in [1.807, 2.05) is 12.1 Å². The molecular formula is C17H18N6O7S2. The molecule has 0 radical (unpaired) electrons. The number of hydrogen-bond acceptors (Lipinski definition) is 12. The predicted molar refractivity (Wildman–Crippen MR) is 110 cm³/mol. The van der Waals surface area contributed by atoms with Crippen LogP contribution in [0.2, 0.25) is 0 Å². The lowest BCUT2D eigenvalue weighted by Gasteiger charge is -2.14. The Morgan fingerprint density at radius 1 is 1.28 bits per heavy atom. The Hall–Kier alpha value is -2.69. The highest BCUT2D eigenvalue weighted by molar-refractivity contribution is 7.99. The van der Waals surface area contributed by atoms with Crippen LogP contribution in [-0.4, -0.2) is 58.9 Å². The van der Waals surface area contributed by atoms with E-state index in [1.165, 1.54) is 22.8 Å². The van der Waals surface area contributed by atoms with Gasteiger partial charge in [-0.15, -0.1) is 0 Å². The van der Waals surface area contributed by atoms with E-state index < -0.39 is 35.3 Å². The first kappa shape index (κ1) is 21.2. The van der Waals surface area contributed by atoms with E-state index in [2.05, 4.69) is 19.2 Å². The molecule has 5 rings (SSSR count). The summed E-state index contributed by atoms with van der Waals surface area (Å²) in [6, 6.07) is 5.49. The van der Waals surface area contributed by atoms with Gasteiger partial charge in [0.25, 0.3) is 0 Å². The predicted octanol–water partition coefficient (Wildman–Crippen LogP) is 0.157. The molecule has 1 saturated heterocycles. The molecule has 0 spiro atoms. The number of nitrogens with zero attached hydrogens (tertiary/aromatic N) is 4. The Morgan fingerprint density at radius 2 is 2.09 bits per heavy atom. The number of rotatable bonds is 6. The maximum absolute atomic E-state index is 11.1. The van der Waals surface area contributed by atoms with Gasteiger partial charge in [0.15, 0.2) is 23.4 Å². The van der Waals surface area contributed by atoms with Crippen molar-refractivity contribution in [3.05, 3.63) is 24.5 Å². The zero-order valence-electron chi connectivity index (χ0n) is 16.3. The minimum atomic E-state index is -4.17. The van der Waals surface area contributed by atoms with Gasteiger partial charge in [0.05, 0.1) is 18.1 Å². The summed E-state index contributed by atoms with van der Waals surface area (Å²) in [5, 5.41) is 20.8. The number of nitrogen functional groups attached to an aromatic ring is 1. The van der Waals surface area contributed by atoms with Crippen molar-refractivity contribution in [3.63, 3.8) is 0 Å². The van der Waals surface area contributed by atoms with Gasteiger partial charge in [-0.1, -0.05) is 11.8 Å². The van der Waals surface area contributed by atoms with Crippen LogP contribution >= 0.6 is 11.8 Å². The standard InChI is InChI=1S/C17H18N6O7S2/c18-15-14-16(21-6-20-15)23(13-4-9(24)12(30-13)5-29-32(19,25)26)22-17(14)31-8-1-2-10-11(3-8)28-7-27-10/h1-3,6,9,12-13,24H,4-5,7H2,(H2,18,20,21)(H2,19,25,26)/t9-,12+,13+/m0/s1. The molecule has 0 amide bonds. The number of fused-ring (bicyclic) bond motifs is 2. The first-order chi connectivity index (χ1) is 15.3. The maximum Gasteiger partial charge on any atom is 0.333 e. The van der Waals surface area contributed by atoms with Crippen molar-refractivity contribution in [2.24, 2.45) is 5.14 Å². The van der Waals surface area contributed by atoms with Gasteiger partial charge in [0.1, 0.15) is 23.3 Å². The van der Waals surface area contributed by atoms with E-state index in [0.717, 1.165) is 4.90 Å². The molecule has 1 fully saturated rings. The number of hydrogen-bond donors (Lipinski definition) is 3. The van der Waals surface area contributed by atoms with Crippen molar-refractivity contribution in [1.29, 1.82) is 0 Å². The number of aromatic nitrogens is 4. The molecule has 15 heteroatoms. The third-order valence-corrected chi connectivity index (χ3v) is 6.35. The molecular weight excluding hydrogens is 464 g/mol. The van der Waals surface area contributed by atoms with Gasteiger partial charge in [-0.25, -0.2) is 19.8 Å². The van der Waals surface area contributed by atoms with Crippen molar-refractivity contribution in [2.45, 2.75) is 34.8 Å². The Balaban J connectivity index is 1.45. The number of nitrogens with two attached hydrogens (primary N) is 2. The quantitative estimate of drug-likeness (QED) is 0.432. The molecule has 0 bridgehead atoms. The lowest BCUT2D eigenvalue weighted by atomic mass is 10.2. The summed E-state index contributed by atoms with van der Waals surface area (Å²) >= 11 is 1.33. The number of aliphatic hydroxyl groups excluding tert-OH is 1. The van der Waals surface area contributed by atoms with E-state index in [9.17, 15) is 13.5 Å². The smallest absolute Gasteiger partial charge is 0.333 e. The molecule has 2 aliphatic rings. The Morgan fingerprint density at radius 3 is 2.91 bits per heavy atom. The van der Waals surface area contributed by atoms with Gasteiger partial charge < -0.3 is 25.1 Å². The first-order valence-corrected chi connectivity index (χ1v) is 11.6. The van der Waals surface area contributed by atoms with Crippen LogP contribution in [0.3, 0.4) is 0 Å². The van der Waals surface area contributed by atoms with Crippen molar-refractivity contribution in [3.8, 4) is 11.5 Å². The maximum atomic E-state index is 11.1. The van der Waals surface area contributed by atoms with Crippen molar-refractivity contribution >= 4 is 38.9 Å². The minimum Gasteiger partial charge on any atom is -0.454 e. The third-order valence-electron chi connectivity index (χ3n) is 4.92. The lowest BCUT2D eigenvalue weighted by Crippen LogP contribution is -2.30. The van der Waals surface area contributed by atoms with Crippen LogP contribution in [0.4, 0.5) is 5.82 Å². The van der Waals surface area contributed by atoms with Gasteiger partial charge in [0, 0.05) is 11.3 Å². The second kappa shape index (κ2) is 8.02. The SMILES string of the molecule is Nc1ncnc2c1c(Sc1ccc3c(c1)OCO3)nn2[C@H]1C[C@H](O)[C@@H](COS(N)(=O)=O)O1. The van der Waals surface area contributed by atoms with Crippen LogP contribution in [0.1, 0.15) is 12.6 Å². The molecule has 170 valence electrons. The fourth-order valence-electron chi connectivity index (χ4n) is 3.46. The Kier molecular flexibility index (Phi) is 5.31. The van der Waals surface area contributed by atoms with E-state index in [-0.39, 0.29) is 19.0 Å². The van der Waals surface area contributed by atoms with E-state index >= 15 is 0 Å². The average Bonchev–Trinajstić information content (AvgIpc) is 3.43. The molecule has 3 atom stereocenters. The molecule has 0 aliphatic carbocycles. The van der Waals surface area contributed by atoms with Crippen molar-refractivity contribution in [1.82, 2.24) is 19.7 Å². The second-order valence-corrected chi connectivity index (χ2v) is 9.32. The molecule has 4 heterocycles. The van der Waals surface area contributed by atoms with Gasteiger partial charge in [-0.05, 0) is 18.2 Å². The number of aliphatic hydroxyl groups is 1. The summed E-state index contributed by atoms with van der Waals surface area (Å²) in [5.74, 6) is 1.52. The fraction of sp³-hybridized carbons (Fsp3) is 0.353. The zero-order chi connectivity index (χ0) is 22.5. The van der Waals surface area contributed by atoms with Crippen LogP contribution in [0, 0.1) is 0 Å². The van der Waals surface area contributed by atoms with E-state index in [4.69, 9.17) is 25.1 Å². The highest BCUT2D eigenvalue weighted by Crippen LogP contribution is 2.41. The third kappa shape index (κ3) is 4.05. The van der Waals surface area contributed by atoms with Crippen LogP contribution in [0.25, 0.3) is 11.0 Å². The molecule has 2 aromatic heterocycles. The van der Waals surface area contributed by atoms with Crippen molar-refractivity contribution in [2.75, 3.05) is 19.1 Å². The summed E-state index contributed by atoms with van der Waals surface area (Å²) in [6.45, 7) is -0.259. The fourth-order valence-corrected chi connectivity index (χ4v) is 4.74. The second-order valence-electron chi connectivity index (χ2n) is 7.03. The molecule has 5 N–H and O–H groups in total. The van der Waals surface area contributed by atoms with Gasteiger partial charge in [-0.3, -0.25) is 4.18 Å². The Labute approximate surface area is 185 Å². The summed E-state index contributed by atoms with van der Waals surface area (Å²) in [6.07, 6.45) is -1.21. The van der Waals surface area contributed by atoms with E-state index in [0.29, 0.717) is 27.6 Å². The van der Waals surface area contributed by atoms with Crippen LogP contribution in [0.5, 0.6) is 11.5 Å². The van der Waals surface area contributed by atoms with Crippen LogP contribution in [0.15, 0.2) is 34.4 Å². The molecule has 3 aromatic rings. The number of benzene rings is 1. The minimum absolute atomic E-state index is 0.132. The topological polar surface area (TPSA) is 187 Å². The molecule has 13 nitrogen and oxygen atoms in total. The number of ether oxygens (including phenoxy) is 3. The monoisotopic (exact) mass is 482 g/mol. The molecule has 2 aliphatic heterocycles. The van der Waals surface area contributed by atoms with Gasteiger partial charge >= 0.3 is 10.3 Å². The van der Waals surface area contributed by atoms with Crippen LogP contribution in [-0.2, 0) is 19.2 Å². The summed E-state index contributed by atoms with van der Waals surface area (Å²) < 4.78 is 44.7. The summed E-state index contributed by atoms with van der Waals surface area (Å²) in [7, 11) is -4.17. The Bertz CT molecular complexity index is 1280. The molecule has 32 heavy (non-hydrogen) atoms. The molecule has 0 unspecified atom stereocenters. The first-order valence-electron chi connectivity index (χ1n) is 9.35. The summed E-state index contributed by atoms with van der Waals surface area (Å²) in [4.78, 5) is 9.17. The largest absolute Gasteiger partial charge is 0.454 e. The molecule has 1 aromatic carbocycles. The van der Waals surface area contributed by atoms with E-state index in [1.54, 1.807) is 6.07 Å². The normalized spacial score (nSPS) is 22.6. The zero-order valence-corrected chi connectivity index (χ0v) is 18.0. The van der Waals surface area contributed by atoms with Crippen LogP contribution < -0.4 is 20.3 Å². The highest BCUT2D eigenvalue weighted by Gasteiger charge is 2.38. The number of anilines is 1. The van der Waals surface area contributed by atoms with Gasteiger partial charge in [0.2, 0.25) is 6.79 Å².